The first kappa shape index (κ1) is 33.7. The van der Waals surface area contributed by atoms with Crippen molar-refractivity contribution in [1.82, 2.24) is 0 Å². The molecular weight excluding hydrogens is 710 g/mol. The summed E-state index contributed by atoms with van der Waals surface area (Å²) >= 11 is 1.27. The molecule has 0 atom stereocenters. The molecule has 0 aromatic heterocycles. The van der Waals surface area contributed by atoms with Crippen molar-refractivity contribution in [2.75, 3.05) is 0 Å². The Balaban J connectivity index is 0.000000206. The van der Waals surface area contributed by atoms with Crippen LogP contribution in [0, 0.1) is 12.2 Å². The molecule has 0 fully saturated rings. The summed E-state index contributed by atoms with van der Waals surface area (Å²) in [4.78, 5) is 0. The van der Waals surface area contributed by atoms with Crippen molar-refractivity contribution in [3.05, 3.63) is 168 Å². The number of rotatable bonds is 4. The first-order chi connectivity index (χ1) is 18.6. The molecule has 4 aromatic carbocycles. The quantitative estimate of drug-likeness (QED) is 0.222. The Labute approximate surface area is 267 Å². The molecule has 2 aliphatic carbocycles. The molecular formula is C36H32Cl2HfSi-2. The third-order valence-corrected chi connectivity index (χ3v) is 14.4. The SMILES string of the molecule is CC1=[C-]CC(c2ccccc2)=C1.CC1=[C-]CC(c2ccccc2)=C1.[Cl-].[Cl-].[Hf+2]=[Si](c1ccccc1)c1ccccc1. The van der Waals surface area contributed by atoms with Gasteiger partial charge in [0.15, 0.2) is 0 Å². The summed E-state index contributed by atoms with van der Waals surface area (Å²) in [6.07, 6.45) is 12.9. The van der Waals surface area contributed by atoms with Gasteiger partial charge in [0.05, 0.1) is 0 Å². The van der Waals surface area contributed by atoms with Gasteiger partial charge < -0.3 is 24.8 Å². The summed E-state index contributed by atoms with van der Waals surface area (Å²) in [7, 11) is 0. The van der Waals surface area contributed by atoms with Crippen LogP contribution in [0.2, 0.25) is 0 Å². The Hall–Kier alpha value is -2.49. The number of hydrogen-bond donors (Lipinski definition) is 0. The van der Waals surface area contributed by atoms with E-state index >= 15 is 0 Å². The molecule has 0 nitrogen and oxygen atoms in total. The molecule has 4 aromatic rings. The van der Waals surface area contributed by atoms with Gasteiger partial charge in [-0.15, -0.1) is 24.0 Å². The van der Waals surface area contributed by atoms with E-state index in [0.717, 1.165) is 12.8 Å². The predicted molar refractivity (Wildman–Crippen MR) is 161 cm³/mol. The fraction of sp³-hybridized carbons (Fsp3) is 0.111. The van der Waals surface area contributed by atoms with Crippen LogP contribution in [0.5, 0.6) is 0 Å². The summed E-state index contributed by atoms with van der Waals surface area (Å²) < 4.78 is 0. The standard InChI is InChI=1S/C12H10Si.2C12H11.2ClH.Hf/c1-3-7-11(8-4-1)13-12-9-5-2-6-10-12;2*1-10-7-8-12(9-10)11-5-3-2-4-6-11;;;/h1-10H;2*2-6,9H,8H2,1H3;2*1H;/q;2*-1;;;+2/p-2. The van der Waals surface area contributed by atoms with Crippen molar-refractivity contribution < 1.29 is 47.8 Å². The van der Waals surface area contributed by atoms with E-state index < -0.39 is 5.49 Å². The molecule has 0 spiro atoms. The van der Waals surface area contributed by atoms with Gasteiger partial charge in [-0.3, -0.25) is 12.2 Å². The summed E-state index contributed by atoms with van der Waals surface area (Å²) in [5, 5.41) is 3.07. The van der Waals surface area contributed by atoms with Crippen LogP contribution in [0.25, 0.3) is 11.1 Å². The maximum atomic E-state index is 3.29. The number of allylic oxidation sites excluding steroid dienone is 8. The maximum absolute atomic E-state index is 3.29. The second-order valence-electron chi connectivity index (χ2n) is 9.25. The number of benzene rings is 4. The zero-order valence-corrected chi connectivity index (χ0v) is 29.0. The fourth-order valence-corrected chi connectivity index (χ4v) is 9.23. The molecule has 0 radical (unpaired) electrons. The van der Waals surface area contributed by atoms with Crippen molar-refractivity contribution >= 4 is 27.0 Å². The van der Waals surface area contributed by atoms with Gasteiger partial charge in [0.25, 0.3) is 0 Å². The van der Waals surface area contributed by atoms with Crippen molar-refractivity contribution in [3.8, 4) is 0 Å². The Morgan fingerprint density at radius 3 is 1.07 bits per heavy atom. The Morgan fingerprint density at radius 1 is 0.500 bits per heavy atom. The molecule has 0 aliphatic heterocycles. The van der Waals surface area contributed by atoms with Crippen LogP contribution in [-0.2, 0) is 23.0 Å². The van der Waals surface area contributed by atoms with Gasteiger partial charge in [-0.25, -0.2) is 23.3 Å². The van der Waals surface area contributed by atoms with Crippen LogP contribution < -0.4 is 35.2 Å². The molecule has 0 heterocycles. The summed E-state index contributed by atoms with van der Waals surface area (Å²) in [6, 6.07) is 42.7. The minimum atomic E-state index is -0.406. The van der Waals surface area contributed by atoms with E-state index in [4.69, 9.17) is 0 Å². The average molecular weight is 742 g/mol. The van der Waals surface area contributed by atoms with Crippen LogP contribution in [0.15, 0.2) is 145 Å². The first-order valence-electron chi connectivity index (χ1n) is 13.0. The van der Waals surface area contributed by atoms with E-state index in [-0.39, 0.29) is 24.8 Å². The van der Waals surface area contributed by atoms with Crippen LogP contribution in [0.3, 0.4) is 0 Å². The molecule has 6 rings (SSSR count). The van der Waals surface area contributed by atoms with Crippen molar-refractivity contribution in [2.24, 2.45) is 0 Å². The Kier molecular flexibility index (Phi) is 15.2. The van der Waals surface area contributed by atoms with Gasteiger partial charge in [0.2, 0.25) is 0 Å². The van der Waals surface area contributed by atoms with Gasteiger partial charge in [0.1, 0.15) is 0 Å². The number of halogens is 2. The molecule has 0 saturated heterocycles. The topological polar surface area (TPSA) is 0 Å². The van der Waals surface area contributed by atoms with Crippen LogP contribution in [0.1, 0.15) is 37.8 Å². The van der Waals surface area contributed by atoms with Gasteiger partial charge >= 0.3 is 99.5 Å². The van der Waals surface area contributed by atoms with Crippen molar-refractivity contribution in [2.45, 2.75) is 26.7 Å². The van der Waals surface area contributed by atoms with Crippen molar-refractivity contribution in [1.29, 1.82) is 0 Å². The van der Waals surface area contributed by atoms with E-state index in [1.54, 1.807) is 0 Å². The monoisotopic (exact) mass is 742 g/mol. The molecule has 0 amide bonds. The minimum absolute atomic E-state index is 0. The van der Waals surface area contributed by atoms with Crippen LogP contribution >= 0.6 is 0 Å². The van der Waals surface area contributed by atoms with E-state index in [2.05, 4.69) is 147 Å². The van der Waals surface area contributed by atoms with E-state index in [9.17, 15) is 0 Å². The molecule has 0 bridgehead atoms. The number of hydrogen-bond acceptors (Lipinski definition) is 0. The van der Waals surface area contributed by atoms with Crippen LogP contribution in [-0.4, -0.2) is 5.49 Å². The zero-order valence-electron chi connectivity index (χ0n) is 22.9. The summed E-state index contributed by atoms with van der Waals surface area (Å²) in [6.45, 7) is 4.19. The third-order valence-electron chi connectivity index (χ3n) is 6.31. The van der Waals surface area contributed by atoms with Crippen LogP contribution in [0.4, 0.5) is 0 Å². The average Bonchev–Trinajstić information content (AvgIpc) is 3.63. The van der Waals surface area contributed by atoms with Gasteiger partial charge in [-0.2, -0.15) is 0 Å². The summed E-state index contributed by atoms with van der Waals surface area (Å²) in [5.74, 6) is 0. The molecule has 200 valence electrons. The zero-order chi connectivity index (χ0) is 26.6. The van der Waals surface area contributed by atoms with E-state index in [0.29, 0.717) is 0 Å². The third kappa shape index (κ3) is 10.5. The normalized spacial score (nSPS) is 12.9. The van der Waals surface area contributed by atoms with Gasteiger partial charge in [-0.1, -0.05) is 74.5 Å². The second kappa shape index (κ2) is 18.0. The molecule has 4 heteroatoms. The van der Waals surface area contributed by atoms with Gasteiger partial charge in [-0.05, 0) is 11.1 Å². The molecule has 0 N–H and O–H groups in total. The van der Waals surface area contributed by atoms with E-state index in [1.165, 1.54) is 66.8 Å². The summed E-state index contributed by atoms with van der Waals surface area (Å²) in [5.41, 5.74) is 7.52. The second-order valence-corrected chi connectivity index (χ2v) is 16.5. The predicted octanol–water partition coefficient (Wildman–Crippen LogP) is 1.79. The van der Waals surface area contributed by atoms with Gasteiger partial charge in [0, 0.05) is 0 Å². The van der Waals surface area contributed by atoms with Crippen molar-refractivity contribution in [3.63, 3.8) is 0 Å². The van der Waals surface area contributed by atoms with E-state index in [1.807, 2.05) is 12.1 Å². The fourth-order valence-electron chi connectivity index (χ4n) is 4.25. The molecule has 40 heavy (non-hydrogen) atoms. The molecule has 0 saturated carbocycles. The molecule has 2 aliphatic rings. The first-order valence-corrected chi connectivity index (χ1v) is 19.9. The Morgan fingerprint density at radius 2 is 0.800 bits per heavy atom. The Bertz CT molecular complexity index is 1340. The molecule has 0 unspecified atom stereocenters.